The fourth-order valence-electron chi connectivity index (χ4n) is 3.73. The van der Waals surface area contributed by atoms with Crippen LogP contribution in [-0.2, 0) is 13.1 Å². The van der Waals surface area contributed by atoms with E-state index in [4.69, 9.17) is 4.74 Å². The average Bonchev–Trinajstić information content (AvgIpc) is 3.22. The van der Waals surface area contributed by atoms with E-state index in [-0.39, 0.29) is 0 Å². The van der Waals surface area contributed by atoms with Crippen LogP contribution in [0.5, 0.6) is 5.75 Å². The lowest BCUT2D eigenvalue weighted by atomic mass is 10.1. The van der Waals surface area contributed by atoms with Gasteiger partial charge in [0.05, 0.1) is 11.7 Å². The van der Waals surface area contributed by atoms with Gasteiger partial charge in [-0.3, -0.25) is 9.80 Å². The topological polar surface area (TPSA) is 73.8 Å². The number of benzene rings is 2. The number of aliphatic hydroxyl groups is 1. The summed E-state index contributed by atoms with van der Waals surface area (Å²) in [6, 6.07) is 14.4. The minimum absolute atomic E-state index is 0.317. The molecule has 0 amide bonds. The predicted octanol–water partition coefficient (Wildman–Crippen LogP) is 1.97. The van der Waals surface area contributed by atoms with E-state index in [2.05, 4.69) is 55.2 Å². The summed E-state index contributed by atoms with van der Waals surface area (Å²) in [5, 5.41) is 13.5. The van der Waals surface area contributed by atoms with Gasteiger partial charge in [0.15, 0.2) is 0 Å². The van der Waals surface area contributed by atoms with Crippen LogP contribution in [0, 0.1) is 0 Å². The number of rotatable bonds is 9. The zero-order valence-corrected chi connectivity index (χ0v) is 18.1. The summed E-state index contributed by atoms with van der Waals surface area (Å²) in [4.78, 5) is 4.54. The summed E-state index contributed by atoms with van der Waals surface area (Å²) in [6.45, 7) is 6.61. The number of nitrogens with one attached hydrogen (secondary N) is 1. The Morgan fingerprint density at radius 1 is 1.07 bits per heavy atom. The van der Waals surface area contributed by atoms with Crippen molar-refractivity contribution >= 4 is 22.8 Å². The molecule has 0 aliphatic carbocycles. The Morgan fingerprint density at radius 3 is 2.57 bits per heavy atom. The molecule has 1 aromatic heterocycles. The largest absolute Gasteiger partial charge is 0.491 e. The van der Waals surface area contributed by atoms with Crippen molar-refractivity contribution in [2.75, 3.05) is 46.4 Å². The van der Waals surface area contributed by atoms with Crippen molar-refractivity contribution in [3.8, 4) is 5.75 Å². The average molecular weight is 428 g/mol. The SMILES string of the molecule is CN(Cc1ccc(OCC(O)CN2CCNCC2)cc1)Cc1ccc2nsnc2c1. The highest BCUT2D eigenvalue weighted by atomic mass is 32.1. The van der Waals surface area contributed by atoms with E-state index in [0.29, 0.717) is 13.2 Å². The molecule has 3 aromatic rings. The second-order valence-electron chi connectivity index (χ2n) is 7.92. The third-order valence-electron chi connectivity index (χ3n) is 5.27. The van der Waals surface area contributed by atoms with Crippen molar-refractivity contribution in [3.63, 3.8) is 0 Å². The number of fused-ring (bicyclic) bond motifs is 1. The highest BCUT2D eigenvalue weighted by Gasteiger charge is 2.14. The van der Waals surface area contributed by atoms with Crippen LogP contribution in [0.25, 0.3) is 11.0 Å². The second-order valence-corrected chi connectivity index (χ2v) is 8.45. The van der Waals surface area contributed by atoms with E-state index in [1.54, 1.807) is 0 Å². The monoisotopic (exact) mass is 427 g/mol. The molecule has 2 heterocycles. The molecule has 1 unspecified atom stereocenters. The number of nitrogens with zero attached hydrogens (tertiary/aromatic N) is 4. The summed E-state index contributed by atoms with van der Waals surface area (Å²) in [5.41, 5.74) is 4.38. The zero-order chi connectivity index (χ0) is 20.8. The number of β-amino-alcohol motifs (C(OH)–C–C–N with tert-alkyl or cyclic N) is 1. The predicted molar refractivity (Wildman–Crippen MR) is 120 cm³/mol. The quantitative estimate of drug-likeness (QED) is 0.541. The van der Waals surface area contributed by atoms with Crippen molar-refractivity contribution in [2.45, 2.75) is 19.2 Å². The summed E-state index contributed by atoms with van der Waals surface area (Å²) in [7, 11) is 2.11. The van der Waals surface area contributed by atoms with E-state index in [0.717, 1.165) is 56.1 Å². The Balaban J connectivity index is 1.22. The molecule has 8 heteroatoms. The zero-order valence-electron chi connectivity index (χ0n) is 17.3. The summed E-state index contributed by atoms with van der Waals surface area (Å²) in [5.74, 6) is 0.794. The van der Waals surface area contributed by atoms with Crippen LogP contribution in [0.3, 0.4) is 0 Å². The van der Waals surface area contributed by atoms with Gasteiger partial charge >= 0.3 is 0 Å². The van der Waals surface area contributed by atoms with Crippen molar-refractivity contribution in [2.24, 2.45) is 0 Å². The molecule has 0 bridgehead atoms. The van der Waals surface area contributed by atoms with Gasteiger partial charge in [-0.25, -0.2) is 0 Å². The maximum atomic E-state index is 10.2. The van der Waals surface area contributed by atoms with Crippen LogP contribution < -0.4 is 10.1 Å². The summed E-state index contributed by atoms with van der Waals surface area (Å²) >= 11 is 1.25. The minimum atomic E-state index is -0.473. The molecule has 1 aliphatic heterocycles. The normalized spacial score (nSPS) is 16.2. The van der Waals surface area contributed by atoms with Crippen molar-refractivity contribution in [1.29, 1.82) is 0 Å². The molecule has 7 nitrogen and oxygen atoms in total. The highest BCUT2D eigenvalue weighted by molar-refractivity contribution is 7.00. The first-order chi connectivity index (χ1) is 14.7. The molecule has 0 radical (unpaired) electrons. The van der Waals surface area contributed by atoms with Crippen LogP contribution in [0.15, 0.2) is 42.5 Å². The summed E-state index contributed by atoms with van der Waals surface area (Å²) in [6.07, 6.45) is -0.473. The second kappa shape index (κ2) is 10.3. The van der Waals surface area contributed by atoms with Gasteiger partial charge in [0.25, 0.3) is 0 Å². The smallest absolute Gasteiger partial charge is 0.119 e. The van der Waals surface area contributed by atoms with Crippen LogP contribution >= 0.6 is 11.7 Å². The molecule has 1 atom stereocenters. The maximum absolute atomic E-state index is 10.2. The molecular formula is C22H29N5O2S. The van der Waals surface area contributed by atoms with Gasteiger partial charge in [-0.1, -0.05) is 18.2 Å². The Labute approximate surface area is 181 Å². The lowest BCUT2D eigenvalue weighted by Gasteiger charge is -2.29. The molecule has 160 valence electrons. The Morgan fingerprint density at radius 2 is 1.77 bits per heavy atom. The number of hydrogen-bond acceptors (Lipinski definition) is 8. The van der Waals surface area contributed by atoms with Gasteiger partial charge in [-0.2, -0.15) is 8.75 Å². The third-order valence-corrected chi connectivity index (χ3v) is 5.82. The van der Waals surface area contributed by atoms with Crippen LogP contribution in [-0.4, -0.2) is 76.1 Å². The Kier molecular flexibility index (Phi) is 7.24. The van der Waals surface area contributed by atoms with E-state index in [9.17, 15) is 5.11 Å². The molecule has 2 aromatic carbocycles. The number of aromatic nitrogens is 2. The first-order valence-corrected chi connectivity index (χ1v) is 11.1. The Hall–Kier alpha value is -2.10. The molecule has 1 saturated heterocycles. The fraction of sp³-hybridized carbons (Fsp3) is 0.455. The molecule has 4 rings (SSSR count). The maximum Gasteiger partial charge on any atom is 0.119 e. The molecule has 30 heavy (non-hydrogen) atoms. The fourth-order valence-corrected chi connectivity index (χ4v) is 4.25. The first-order valence-electron chi connectivity index (χ1n) is 10.4. The van der Waals surface area contributed by atoms with E-state index in [1.807, 2.05) is 18.2 Å². The number of aliphatic hydroxyl groups excluding tert-OH is 1. The van der Waals surface area contributed by atoms with Crippen molar-refractivity contribution in [3.05, 3.63) is 53.6 Å². The van der Waals surface area contributed by atoms with E-state index < -0.39 is 6.10 Å². The first kappa shape index (κ1) is 21.1. The third kappa shape index (κ3) is 5.96. The van der Waals surface area contributed by atoms with Gasteiger partial charge in [-0.05, 0) is 42.4 Å². The number of ether oxygens (including phenoxy) is 1. The van der Waals surface area contributed by atoms with Gasteiger partial charge in [0.1, 0.15) is 29.5 Å². The lowest BCUT2D eigenvalue weighted by molar-refractivity contribution is 0.0641. The van der Waals surface area contributed by atoms with Crippen LogP contribution in [0.2, 0.25) is 0 Å². The molecular weight excluding hydrogens is 398 g/mol. The van der Waals surface area contributed by atoms with E-state index >= 15 is 0 Å². The molecule has 1 fully saturated rings. The number of piperazine rings is 1. The Bertz CT molecular complexity index is 927. The van der Waals surface area contributed by atoms with Gasteiger partial charge in [-0.15, -0.1) is 0 Å². The minimum Gasteiger partial charge on any atom is -0.491 e. The summed E-state index contributed by atoms with van der Waals surface area (Å²) < 4.78 is 14.4. The molecule has 2 N–H and O–H groups in total. The lowest BCUT2D eigenvalue weighted by Crippen LogP contribution is -2.47. The molecule has 0 saturated carbocycles. The molecule has 1 aliphatic rings. The van der Waals surface area contributed by atoms with Crippen LogP contribution in [0.4, 0.5) is 0 Å². The van der Waals surface area contributed by atoms with Crippen LogP contribution in [0.1, 0.15) is 11.1 Å². The molecule has 0 spiro atoms. The van der Waals surface area contributed by atoms with Gasteiger partial charge in [0.2, 0.25) is 0 Å². The van der Waals surface area contributed by atoms with Gasteiger partial charge in [0, 0.05) is 45.8 Å². The standard InChI is InChI=1S/C22H29N5O2S/c1-26(14-18-4-7-21-22(12-18)25-30-24-21)13-17-2-5-20(6-3-17)29-16-19(28)15-27-10-8-23-9-11-27/h2-7,12,19,23,28H,8-11,13-16H2,1H3. The number of hydrogen-bond donors (Lipinski definition) is 2. The highest BCUT2D eigenvalue weighted by Crippen LogP contribution is 2.17. The van der Waals surface area contributed by atoms with Gasteiger partial charge < -0.3 is 15.2 Å². The van der Waals surface area contributed by atoms with E-state index in [1.165, 1.54) is 22.9 Å². The van der Waals surface area contributed by atoms with Crippen molar-refractivity contribution in [1.82, 2.24) is 23.9 Å². The van der Waals surface area contributed by atoms with Crippen molar-refractivity contribution < 1.29 is 9.84 Å².